The van der Waals surface area contributed by atoms with Gasteiger partial charge in [-0.15, -0.1) is 0 Å². The zero-order valence-electron chi connectivity index (χ0n) is 14.2. The number of hydrogen-bond donors (Lipinski definition) is 0. The third kappa shape index (κ3) is 5.09. The highest BCUT2D eigenvalue weighted by atomic mass is 79.9. The summed E-state index contributed by atoms with van der Waals surface area (Å²) < 4.78 is 6.01. The lowest BCUT2D eigenvalue weighted by molar-refractivity contribution is 0.422. The van der Waals surface area contributed by atoms with Gasteiger partial charge in [-0.25, -0.2) is 14.6 Å². The van der Waals surface area contributed by atoms with Gasteiger partial charge in [0.2, 0.25) is 0 Å². The van der Waals surface area contributed by atoms with E-state index < -0.39 is 11.4 Å². The van der Waals surface area contributed by atoms with E-state index in [4.69, 9.17) is 4.42 Å². The minimum atomic E-state index is -0.732. The van der Waals surface area contributed by atoms with Crippen molar-refractivity contribution < 1.29 is 4.42 Å². The van der Waals surface area contributed by atoms with Gasteiger partial charge in [-0.3, -0.25) is 9.55 Å². The third-order valence-electron chi connectivity index (χ3n) is 3.42. The normalized spacial score (nSPS) is 10.4. The Bertz CT molecular complexity index is 948. The summed E-state index contributed by atoms with van der Waals surface area (Å²) in [5.74, 6) is -0.732. The quantitative estimate of drug-likeness (QED) is 0.622. The van der Waals surface area contributed by atoms with Crippen molar-refractivity contribution in [2.75, 3.05) is 5.33 Å². The van der Waals surface area contributed by atoms with Crippen LogP contribution in [0.2, 0.25) is 0 Å². The molecule has 3 aromatic heterocycles. The fourth-order valence-corrected chi connectivity index (χ4v) is 2.73. The van der Waals surface area contributed by atoms with Crippen LogP contribution in [0.4, 0.5) is 0 Å². The maximum absolute atomic E-state index is 11.9. The Balaban J connectivity index is 0.000000399. The lowest BCUT2D eigenvalue weighted by atomic mass is 10.3. The first-order valence-corrected chi connectivity index (χ1v) is 9.16. The number of pyridine rings is 2. The Morgan fingerprint density at radius 3 is 2.64 bits per heavy atom. The number of fused-ring (bicyclic) bond motifs is 1. The van der Waals surface area contributed by atoms with Gasteiger partial charge >= 0.3 is 11.4 Å². The molecule has 132 valence electrons. The number of aryl methyl sites for hydroxylation is 1. The average molecular weight is 406 g/mol. The second kappa shape index (κ2) is 9.27. The molecule has 3 rings (SSSR count). The van der Waals surface area contributed by atoms with Crippen LogP contribution in [0.25, 0.3) is 11.0 Å². The monoisotopic (exact) mass is 405 g/mol. The second-order valence-electron chi connectivity index (χ2n) is 5.43. The van der Waals surface area contributed by atoms with E-state index in [1.54, 1.807) is 18.2 Å². The van der Waals surface area contributed by atoms with E-state index >= 15 is 0 Å². The standard InChI is InChI=1S/C14H11N3O3.C4H9Br/c1-9-4-2-5-10(16-9)8-17-12-11(6-3-7-15-12)13(18)20-14(17)19;1-2-3-4-5/h2-7H,8H2,1H3;2-4H2,1H3. The molecule has 0 spiro atoms. The summed E-state index contributed by atoms with van der Waals surface area (Å²) >= 11 is 3.31. The lowest BCUT2D eigenvalue weighted by Crippen LogP contribution is -2.26. The number of nitrogens with zero attached hydrogens (tertiary/aromatic N) is 3. The molecule has 0 atom stereocenters. The molecule has 0 aliphatic rings. The van der Waals surface area contributed by atoms with Crippen molar-refractivity contribution in [3.8, 4) is 0 Å². The molecule has 0 bridgehead atoms. The largest absolute Gasteiger partial charge is 0.423 e. The van der Waals surface area contributed by atoms with Gasteiger partial charge in [-0.05, 0) is 37.6 Å². The third-order valence-corrected chi connectivity index (χ3v) is 3.98. The molecule has 0 aliphatic heterocycles. The van der Waals surface area contributed by atoms with Crippen molar-refractivity contribution in [2.24, 2.45) is 0 Å². The summed E-state index contributed by atoms with van der Waals surface area (Å²) in [4.78, 5) is 31.9. The molecule has 7 heteroatoms. The Morgan fingerprint density at radius 2 is 2.00 bits per heavy atom. The average Bonchev–Trinajstić information content (AvgIpc) is 2.60. The van der Waals surface area contributed by atoms with Crippen molar-refractivity contribution >= 4 is 27.0 Å². The zero-order valence-corrected chi connectivity index (χ0v) is 15.8. The molecular weight excluding hydrogens is 386 g/mol. The maximum Gasteiger partial charge on any atom is 0.423 e. The fraction of sp³-hybridized carbons (Fsp3) is 0.333. The van der Waals surface area contributed by atoms with Crippen LogP contribution in [0.5, 0.6) is 0 Å². The van der Waals surface area contributed by atoms with E-state index in [1.807, 2.05) is 19.1 Å². The van der Waals surface area contributed by atoms with Crippen LogP contribution in [-0.4, -0.2) is 19.9 Å². The number of rotatable bonds is 4. The first-order valence-electron chi connectivity index (χ1n) is 8.04. The van der Waals surface area contributed by atoms with Crippen molar-refractivity contribution in [3.05, 3.63) is 68.9 Å². The topological polar surface area (TPSA) is 78.0 Å². The van der Waals surface area contributed by atoms with Crippen LogP contribution < -0.4 is 11.4 Å². The van der Waals surface area contributed by atoms with Crippen LogP contribution in [0.1, 0.15) is 31.2 Å². The number of halogens is 1. The Kier molecular flexibility index (Phi) is 7.06. The molecule has 3 aromatic rings. The summed E-state index contributed by atoms with van der Waals surface area (Å²) in [6, 6.07) is 8.73. The molecule has 3 heterocycles. The number of aromatic nitrogens is 3. The van der Waals surface area contributed by atoms with Gasteiger partial charge in [0.05, 0.1) is 12.2 Å². The van der Waals surface area contributed by atoms with E-state index in [0.717, 1.165) is 11.0 Å². The van der Waals surface area contributed by atoms with Crippen LogP contribution in [0.3, 0.4) is 0 Å². The minimum absolute atomic E-state index is 0.206. The van der Waals surface area contributed by atoms with Gasteiger partial charge in [0.25, 0.3) is 0 Å². The molecule has 0 aromatic carbocycles. The zero-order chi connectivity index (χ0) is 18.2. The SMILES string of the molecule is CCCCBr.Cc1cccc(Cn2c(=O)oc(=O)c3cccnc32)n1. The van der Waals surface area contributed by atoms with Gasteiger partial charge < -0.3 is 4.42 Å². The first kappa shape index (κ1) is 19.1. The summed E-state index contributed by atoms with van der Waals surface area (Å²) in [6.45, 7) is 4.26. The van der Waals surface area contributed by atoms with Gasteiger partial charge in [-0.2, -0.15) is 0 Å². The number of unbranched alkanes of at least 4 members (excludes halogenated alkanes) is 1. The maximum atomic E-state index is 11.9. The molecule has 25 heavy (non-hydrogen) atoms. The number of hydrogen-bond acceptors (Lipinski definition) is 5. The van der Waals surface area contributed by atoms with Crippen molar-refractivity contribution in [2.45, 2.75) is 33.2 Å². The molecule has 0 N–H and O–H groups in total. The molecule has 6 nitrogen and oxygen atoms in total. The predicted molar refractivity (Wildman–Crippen MR) is 101 cm³/mol. The second-order valence-corrected chi connectivity index (χ2v) is 6.22. The number of alkyl halides is 1. The molecule has 0 fully saturated rings. The molecule has 0 radical (unpaired) electrons. The highest BCUT2D eigenvalue weighted by Crippen LogP contribution is 2.06. The van der Waals surface area contributed by atoms with E-state index in [9.17, 15) is 9.59 Å². The summed E-state index contributed by atoms with van der Waals surface area (Å²) in [5.41, 5.74) is 1.18. The van der Waals surface area contributed by atoms with Gasteiger partial charge in [0.15, 0.2) is 5.65 Å². The summed E-state index contributed by atoms with van der Waals surface area (Å²) in [6.07, 6.45) is 4.13. The van der Waals surface area contributed by atoms with E-state index in [0.29, 0.717) is 11.3 Å². The Morgan fingerprint density at radius 1 is 1.20 bits per heavy atom. The Labute approximate surface area is 153 Å². The van der Waals surface area contributed by atoms with Crippen molar-refractivity contribution in [3.63, 3.8) is 0 Å². The van der Waals surface area contributed by atoms with Crippen LogP contribution in [0.15, 0.2) is 50.5 Å². The van der Waals surface area contributed by atoms with Crippen molar-refractivity contribution in [1.29, 1.82) is 0 Å². The van der Waals surface area contributed by atoms with Crippen LogP contribution in [0, 0.1) is 6.92 Å². The highest BCUT2D eigenvalue weighted by Gasteiger charge is 2.11. The fourth-order valence-electron chi connectivity index (χ4n) is 2.17. The van der Waals surface area contributed by atoms with E-state index in [2.05, 4.69) is 32.8 Å². The van der Waals surface area contributed by atoms with Crippen LogP contribution in [-0.2, 0) is 6.54 Å². The molecular formula is C18H20BrN3O3. The highest BCUT2D eigenvalue weighted by molar-refractivity contribution is 9.09. The molecule has 0 unspecified atom stereocenters. The molecule has 0 amide bonds. The molecule has 0 saturated carbocycles. The minimum Gasteiger partial charge on any atom is -0.372 e. The predicted octanol–water partition coefficient (Wildman–Crippen LogP) is 3.28. The van der Waals surface area contributed by atoms with E-state index in [1.165, 1.54) is 23.6 Å². The van der Waals surface area contributed by atoms with Gasteiger partial charge in [0, 0.05) is 17.2 Å². The first-order chi connectivity index (χ1) is 12.1. The molecule has 0 saturated heterocycles. The van der Waals surface area contributed by atoms with Crippen LogP contribution >= 0.6 is 15.9 Å². The summed E-state index contributed by atoms with van der Waals surface area (Å²) in [7, 11) is 0. The lowest BCUT2D eigenvalue weighted by Gasteiger charge is -2.07. The van der Waals surface area contributed by atoms with E-state index in [-0.39, 0.29) is 11.9 Å². The van der Waals surface area contributed by atoms with Gasteiger partial charge in [-0.1, -0.05) is 35.3 Å². The van der Waals surface area contributed by atoms with Crippen molar-refractivity contribution in [1.82, 2.24) is 14.5 Å². The smallest absolute Gasteiger partial charge is 0.372 e. The molecule has 0 aliphatic carbocycles. The Hall–Kier alpha value is -2.28. The van der Waals surface area contributed by atoms with Gasteiger partial charge in [0.1, 0.15) is 5.39 Å². The summed E-state index contributed by atoms with van der Waals surface area (Å²) in [5, 5.41) is 1.43.